The SMILES string of the molecule is N[C@@H](Cc1c[nH]c2ccccc12)C(=O)O[Si]. The molecule has 1 heterocycles. The largest absolute Gasteiger partial charge is 0.515 e. The maximum atomic E-state index is 11.2. The van der Waals surface area contributed by atoms with Gasteiger partial charge in [0.15, 0.2) is 0 Å². The summed E-state index contributed by atoms with van der Waals surface area (Å²) in [6, 6.07) is 7.22. The van der Waals surface area contributed by atoms with Crippen LogP contribution in [0.5, 0.6) is 0 Å². The molecule has 0 unspecified atom stereocenters. The van der Waals surface area contributed by atoms with Crippen molar-refractivity contribution in [1.29, 1.82) is 0 Å². The lowest BCUT2D eigenvalue weighted by molar-refractivity contribution is -0.135. The molecule has 0 saturated carbocycles. The Labute approximate surface area is 96.3 Å². The van der Waals surface area contributed by atoms with Gasteiger partial charge in [-0.15, -0.1) is 0 Å². The highest BCUT2D eigenvalue weighted by molar-refractivity contribution is 6.06. The molecule has 0 spiro atoms. The van der Waals surface area contributed by atoms with Crippen LogP contribution in [0.3, 0.4) is 0 Å². The highest BCUT2D eigenvalue weighted by atomic mass is 28.2. The fourth-order valence-corrected chi connectivity index (χ4v) is 1.85. The van der Waals surface area contributed by atoms with Crippen LogP contribution in [0.15, 0.2) is 30.5 Å². The van der Waals surface area contributed by atoms with Crippen LogP contribution in [0.4, 0.5) is 0 Å². The fourth-order valence-electron chi connectivity index (χ4n) is 1.70. The smallest absolute Gasteiger partial charge is 0.345 e. The van der Waals surface area contributed by atoms with Crippen molar-refractivity contribution in [3.05, 3.63) is 36.0 Å². The number of aromatic nitrogens is 1. The number of hydrogen-bond acceptors (Lipinski definition) is 3. The lowest BCUT2D eigenvalue weighted by Crippen LogP contribution is -2.33. The van der Waals surface area contributed by atoms with Gasteiger partial charge in [0.25, 0.3) is 0 Å². The van der Waals surface area contributed by atoms with Gasteiger partial charge in [-0.2, -0.15) is 0 Å². The van der Waals surface area contributed by atoms with E-state index in [-0.39, 0.29) is 0 Å². The molecule has 16 heavy (non-hydrogen) atoms. The third kappa shape index (κ3) is 2.00. The Kier molecular flexibility index (Phi) is 3.07. The summed E-state index contributed by atoms with van der Waals surface area (Å²) in [7, 11) is 2.68. The summed E-state index contributed by atoms with van der Waals surface area (Å²) in [4.78, 5) is 14.3. The normalized spacial score (nSPS) is 12.6. The molecule has 1 aromatic carbocycles. The number of hydrogen-bond donors (Lipinski definition) is 2. The molecule has 1 aromatic heterocycles. The predicted octanol–water partition coefficient (Wildman–Crippen LogP) is 0.664. The highest BCUT2D eigenvalue weighted by Gasteiger charge is 2.15. The van der Waals surface area contributed by atoms with E-state index in [1.165, 1.54) is 0 Å². The summed E-state index contributed by atoms with van der Waals surface area (Å²) in [5.41, 5.74) is 7.74. The maximum Gasteiger partial charge on any atom is 0.345 e. The first-order valence-electron chi connectivity index (χ1n) is 4.90. The summed E-state index contributed by atoms with van der Waals surface area (Å²) in [6.45, 7) is 0. The summed E-state index contributed by atoms with van der Waals surface area (Å²) >= 11 is 0. The van der Waals surface area contributed by atoms with Gasteiger partial charge in [0.1, 0.15) is 6.04 Å². The molecule has 0 aliphatic carbocycles. The molecule has 5 heteroatoms. The van der Waals surface area contributed by atoms with E-state index in [1.807, 2.05) is 30.5 Å². The van der Waals surface area contributed by atoms with E-state index in [9.17, 15) is 4.79 Å². The molecule has 4 nitrogen and oxygen atoms in total. The minimum absolute atomic E-state index is 0.452. The fraction of sp³-hybridized carbons (Fsp3) is 0.182. The predicted molar refractivity (Wildman–Crippen MR) is 61.8 cm³/mol. The number of rotatable bonds is 3. The Morgan fingerprint density at radius 3 is 3.00 bits per heavy atom. The van der Waals surface area contributed by atoms with E-state index in [1.54, 1.807) is 0 Å². The van der Waals surface area contributed by atoms with Gasteiger partial charge >= 0.3 is 16.5 Å². The lowest BCUT2D eigenvalue weighted by Gasteiger charge is -2.08. The number of H-pyrrole nitrogens is 1. The van der Waals surface area contributed by atoms with Crippen LogP contribution in [-0.2, 0) is 15.6 Å². The summed E-state index contributed by atoms with van der Waals surface area (Å²) < 4.78 is 4.40. The maximum absolute atomic E-state index is 11.2. The first-order valence-corrected chi connectivity index (χ1v) is 5.31. The molecule has 0 bridgehead atoms. The number of nitrogens with two attached hydrogens (primary N) is 1. The molecule has 3 N–H and O–H groups in total. The van der Waals surface area contributed by atoms with Crippen molar-refractivity contribution in [3.8, 4) is 0 Å². The second-order valence-corrected chi connectivity index (χ2v) is 3.80. The van der Waals surface area contributed by atoms with Crippen molar-refractivity contribution in [3.63, 3.8) is 0 Å². The van der Waals surface area contributed by atoms with Crippen LogP contribution in [0.25, 0.3) is 10.9 Å². The van der Waals surface area contributed by atoms with Crippen LogP contribution < -0.4 is 5.73 Å². The molecule has 2 rings (SSSR count). The van der Waals surface area contributed by atoms with Crippen molar-refractivity contribution < 1.29 is 9.22 Å². The zero-order chi connectivity index (χ0) is 11.5. The average Bonchev–Trinajstić information content (AvgIpc) is 2.72. The second-order valence-electron chi connectivity index (χ2n) is 3.59. The van der Waals surface area contributed by atoms with Crippen LogP contribution in [-0.4, -0.2) is 27.5 Å². The number of carbonyl (C=O) groups excluding carboxylic acids is 1. The van der Waals surface area contributed by atoms with E-state index in [4.69, 9.17) is 5.73 Å². The third-order valence-corrected chi connectivity index (χ3v) is 2.72. The Morgan fingerprint density at radius 1 is 1.50 bits per heavy atom. The van der Waals surface area contributed by atoms with Gasteiger partial charge in [-0.05, 0) is 11.6 Å². The topological polar surface area (TPSA) is 68.1 Å². The monoisotopic (exact) mass is 231 g/mol. The minimum atomic E-state index is -0.656. The number of aromatic amines is 1. The first kappa shape index (κ1) is 10.9. The number of benzene rings is 1. The Hall–Kier alpha value is -1.59. The first-order chi connectivity index (χ1) is 7.72. The molecule has 0 fully saturated rings. The number of nitrogens with one attached hydrogen (secondary N) is 1. The van der Waals surface area contributed by atoms with Gasteiger partial charge in [0, 0.05) is 23.5 Å². The standard InChI is InChI=1S/C11H11N2O2Si/c12-9(11(14)15-16)5-7-6-13-10-4-2-1-3-8(7)10/h1-4,6,9,13H,5,12H2/t9-/m0/s1. The Bertz CT molecular complexity index is 509. The van der Waals surface area contributed by atoms with E-state index < -0.39 is 12.0 Å². The number of para-hydroxylation sites is 1. The highest BCUT2D eigenvalue weighted by Crippen LogP contribution is 2.18. The van der Waals surface area contributed by atoms with Crippen LogP contribution in [0.2, 0.25) is 0 Å². The second kappa shape index (κ2) is 4.50. The molecule has 0 aliphatic heterocycles. The minimum Gasteiger partial charge on any atom is -0.515 e. The van der Waals surface area contributed by atoms with Crippen LogP contribution >= 0.6 is 0 Å². The van der Waals surface area contributed by atoms with Crippen molar-refractivity contribution >= 4 is 27.4 Å². The number of carbonyl (C=O) groups is 1. The van der Waals surface area contributed by atoms with Gasteiger partial charge in [-0.3, -0.25) is 4.79 Å². The lowest BCUT2D eigenvalue weighted by atomic mass is 10.1. The summed E-state index contributed by atoms with van der Waals surface area (Å²) in [6.07, 6.45) is 2.32. The van der Waals surface area contributed by atoms with E-state index in [2.05, 4.69) is 19.9 Å². The molecule has 1 atom stereocenters. The van der Waals surface area contributed by atoms with E-state index in [0.29, 0.717) is 6.42 Å². The molecule has 0 aliphatic rings. The van der Waals surface area contributed by atoms with Crippen LogP contribution in [0.1, 0.15) is 5.56 Å². The number of fused-ring (bicyclic) bond motifs is 1. The zero-order valence-corrected chi connectivity index (χ0v) is 9.57. The quantitative estimate of drug-likeness (QED) is 0.763. The molecule has 0 amide bonds. The molecule has 0 saturated heterocycles. The Balaban J connectivity index is 2.24. The zero-order valence-electron chi connectivity index (χ0n) is 8.57. The average molecular weight is 231 g/mol. The van der Waals surface area contributed by atoms with Gasteiger partial charge < -0.3 is 15.1 Å². The molecule has 2 aromatic rings. The van der Waals surface area contributed by atoms with Gasteiger partial charge in [0.2, 0.25) is 0 Å². The molecule has 81 valence electrons. The van der Waals surface area contributed by atoms with Gasteiger partial charge in [-0.1, -0.05) is 18.2 Å². The van der Waals surface area contributed by atoms with Gasteiger partial charge in [-0.25, -0.2) is 0 Å². The summed E-state index contributed by atoms with van der Waals surface area (Å²) in [5, 5.41) is 1.08. The van der Waals surface area contributed by atoms with Crippen molar-refractivity contribution in [2.45, 2.75) is 12.5 Å². The van der Waals surface area contributed by atoms with Crippen molar-refractivity contribution in [1.82, 2.24) is 4.98 Å². The van der Waals surface area contributed by atoms with Gasteiger partial charge in [0.05, 0.1) is 0 Å². The van der Waals surface area contributed by atoms with E-state index >= 15 is 0 Å². The van der Waals surface area contributed by atoms with Crippen molar-refractivity contribution in [2.24, 2.45) is 5.73 Å². The molecular formula is C11H11N2O2Si. The molecule has 3 radical (unpaired) electrons. The molecular weight excluding hydrogens is 220 g/mol. The third-order valence-electron chi connectivity index (χ3n) is 2.52. The van der Waals surface area contributed by atoms with E-state index in [0.717, 1.165) is 16.5 Å². The van der Waals surface area contributed by atoms with Crippen molar-refractivity contribution in [2.75, 3.05) is 0 Å². The Morgan fingerprint density at radius 2 is 2.25 bits per heavy atom. The summed E-state index contributed by atoms with van der Waals surface area (Å²) in [5.74, 6) is -0.470. The van der Waals surface area contributed by atoms with Crippen LogP contribution in [0, 0.1) is 0 Å².